The molecule has 0 saturated carbocycles. The monoisotopic (exact) mass is 462 g/mol. The molecular formula is C28H26N6O. The van der Waals surface area contributed by atoms with E-state index in [0.29, 0.717) is 12.4 Å². The van der Waals surface area contributed by atoms with Crippen molar-refractivity contribution in [2.45, 2.75) is 26.3 Å². The van der Waals surface area contributed by atoms with Crippen LogP contribution in [-0.4, -0.2) is 33.4 Å². The second-order valence-electron chi connectivity index (χ2n) is 9.04. The van der Waals surface area contributed by atoms with Gasteiger partial charge in [0, 0.05) is 29.3 Å². The normalized spacial score (nSPS) is 17.1. The molecular weight excluding hydrogens is 436 g/mol. The lowest BCUT2D eigenvalue weighted by atomic mass is 9.97. The summed E-state index contributed by atoms with van der Waals surface area (Å²) >= 11 is 0. The van der Waals surface area contributed by atoms with E-state index in [4.69, 9.17) is 4.99 Å². The second kappa shape index (κ2) is 8.43. The lowest BCUT2D eigenvalue weighted by molar-refractivity contribution is 0.252. The number of H-pyrrole nitrogens is 2. The van der Waals surface area contributed by atoms with Gasteiger partial charge in [-0.3, -0.25) is 15.2 Å². The number of hydrogen-bond acceptors (Lipinski definition) is 3. The second-order valence-corrected chi connectivity index (χ2v) is 9.04. The molecule has 3 N–H and O–H groups in total. The Balaban J connectivity index is 1.37. The average Bonchev–Trinajstić information content (AvgIpc) is 3.56. The van der Waals surface area contributed by atoms with Crippen LogP contribution in [0.5, 0.6) is 0 Å². The lowest BCUT2D eigenvalue weighted by Gasteiger charge is -2.25. The number of carbonyl (C=O) groups excluding carboxylic acids is 1. The summed E-state index contributed by atoms with van der Waals surface area (Å²) in [6.07, 6.45) is 4.49. The molecule has 1 aliphatic heterocycles. The fourth-order valence-electron chi connectivity index (χ4n) is 4.99. The van der Waals surface area contributed by atoms with Gasteiger partial charge in [-0.05, 0) is 61.2 Å². The van der Waals surface area contributed by atoms with E-state index in [9.17, 15) is 4.79 Å². The third-order valence-corrected chi connectivity index (χ3v) is 6.71. The molecule has 1 saturated heterocycles. The Labute approximate surface area is 202 Å². The summed E-state index contributed by atoms with van der Waals surface area (Å²) in [5.74, 6) is 0.670. The zero-order chi connectivity index (χ0) is 23.9. The van der Waals surface area contributed by atoms with Gasteiger partial charge in [-0.2, -0.15) is 0 Å². The number of para-hydroxylation sites is 1. The number of urea groups is 1. The smallest absolute Gasteiger partial charge is 0.328 e. The fraction of sp³-hybridized carbons (Fsp3) is 0.179. The van der Waals surface area contributed by atoms with Crippen molar-refractivity contribution in [2.75, 3.05) is 11.4 Å². The van der Waals surface area contributed by atoms with Crippen LogP contribution in [0.3, 0.4) is 0 Å². The number of fused-ring (bicyclic) bond motifs is 2. The molecule has 7 nitrogen and oxygen atoms in total. The van der Waals surface area contributed by atoms with Gasteiger partial charge in [-0.25, -0.2) is 9.78 Å². The molecule has 2 amide bonds. The number of amidine groups is 1. The Morgan fingerprint density at radius 2 is 1.89 bits per heavy atom. The Morgan fingerprint density at radius 3 is 2.77 bits per heavy atom. The maximum absolute atomic E-state index is 13.3. The van der Waals surface area contributed by atoms with Crippen molar-refractivity contribution in [3.8, 4) is 0 Å². The molecule has 3 heterocycles. The predicted molar refractivity (Wildman–Crippen MR) is 140 cm³/mol. The van der Waals surface area contributed by atoms with Crippen LogP contribution in [-0.2, 0) is 6.42 Å². The minimum Gasteiger partial charge on any atom is -0.361 e. The first-order chi connectivity index (χ1) is 17.1. The largest absolute Gasteiger partial charge is 0.361 e. The number of hydrogen-bond donors (Lipinski definition) is 3. The van der Waals surface area contributed by atoms with E-state index in [-0.39, 0.29) is 12.1 Å². The lowest BCUT2D eigenvalue weighted by Crippen LogP contribution is -2.29. The summed E-state index contributed by atoms with van der Waals surface area (Å²) in [6, 6.07) is 19.9. The minimum absolute atomic E-state index is 0.185. The quantitative estimate of drug-likeness (QED) is 0.319. The van der Waals surface area contributed by atoms with Gasteiger partial charge in [0.1, 0.15) is 11.9 Å². The number of nitrogens with one attached hydrogen (secondary N) is 3. The van der Waals surface area contributed by atoms with Crippen LogP contribution in [0.4, 0.5) is 10.5 Å². The molecule has 0 radical (unpaired) electrons. The van der Waals surface area contributed by atoms with Crippen LogP contribution < -0.4 is 10.2 Å². The van der Waals surface area contributed by atoms with Gasteiger partial charge in [0.05, 0.1) is 17.4 Å². The molecule has 7 heteroatoms. The molecule has 35 heavy (non-hydrogen) atoms. The van der Waals surface area contributed by atoms with Gasteiger partial charge in [-0.1, -0.05) is 42.0 Å². The summed E-state index contributed by atoms with van der Waals surface area (Å²) in [4.78, 5) is 30.8. The van der Waals surface area contributed by atoms with Crippen molar-refractivity contribution in [3.05, 3.63) is 95.4 Å². The highest BCUT2D eigenvalue weighted by molar-refractivity contribution is 6.17. The summed E-state index contributed by atoms with van der Waals surface area (Å²) in [7, 11) is 0. The molecule has 174 valence electrons. The summed E-state index contributed by atoms with van der Waals surface area (Å²) in [5.41, 5.74) is 8.25. The molecule has 1 fully saturated rings. The van der Waals surface area contributed by atoms with E-state index in [1.54, 1.807) is 11.2 Å². The molecule has 5 aromatic rings. The Kier molecular flexibility index (Phi) is 5.10. The van der Waals surface area contributed by atoms with Gasteiger partial charge in [0.2, 0.25) is 0 Å². The first-order valence-corrected chi connectivity index (χ1v) is 11.8. The molecule has 0 bridgehead atoms. The highest BCUT2D eigenvalue weighted by atomic mass is 16.2. The van der Waals surface area contributed by atoms with Crippen molar-refractivity contribution in [2.24, 2.45) is 4.99 Å². The van der Waals surface area contributed by atoms with E-state index in [1.165, 1.54) is 16.5 Å². The van der Waals surface area contributed by atoms with Gasteiger partial charge < -0.3 is 9.97 Å². The zero-order valence-corrected chi connectivity index (χ0v) is 19.7. The highest BCUT2D eigenvalue weighted by Gasteiger charge is 2.39. The van der Waals surface area contributed by atoms with Crippen LogP contribution in [0.1, 0.15) is 28.3 Å². The number of aromatic amines is 2. The summed E-state index contributed by atoms with van der Waals surface area (Å²) in [6.45, 7) is 4.74. The number of aromatic nitrogens is 3. The molecule has 2 aromatic heterocycles. The molecule has 0 spiro atoms. The van der Waals surface area contributed by atoms with Crippen LogP contribution in [0, 0.1) is 13.8 Å². The summed E-state index contributed by atoms with van der Waals surface area (Å²) < 4.78 is 0. The molecule has 0 aliphatic carbocycles. The van der Waals surface area contributed by atoms with Crippen molar-refractivity contribution in [1.82, 2.24) is 20.3 Å². The van der Waals surface area contributed by atoms with E-state index >= 15 is 0 Å². The first kappa shape index (κ1) is 21.2. The van der Waals surface area contributed by atoms with Crippen LogP contribution >= 0.6 is 0 Å². The molecule has 1 atom stereocenters. The van der Waals surface area contributed by atoms with Gasteiger partial charge in [-0.15, -0.1) is 0 Å². The van der Waals surface area contributed by atoms with Crippen molar-refractivity contribution >= 4 is 39.5 Å². The van der Waals surface area contributed by atoms with Crippen molar-refractivity contribution < 1.29 is 4.79 Å². The number of imidazole rings is 1. The standard InChI is InChI=1S/C28H26N6O/c1-17-7-9-21(18(2)13-17)26-27(29-12-11-19-15-30-23-6-4-3-5-22(19)23)33-28(35)34(26)20-8-10-24-25(14-20)32-16-31-24/h3-10,13-16,26,30H,11-12H2,1-2H3,(H,31,32)(H,29,33,35). The maximum Gasteiger partial charge on any atom is 0.328 e. The van der Waals surface area contributed by atoms with Crippen LogP contribution in [0.2, 0.25) is 0 Å². The van der Waals surface area contributed by atoms with E-state index < -0.39 is 0 Å². The number of nitrogens with zero attached hydrogens (tertiary/aromatic N) is 3. The SMILES string of the molecule is Cc1ccc(C2C(=NCCc3c[nH]c4ccccc34)NC(=O)N2c2ccc3[nH]cnc3c2)c(C)c1. The molecule has 6 rings (SSSR count). The number of anilines is 1. The minimum atomic E-state index is -0.331. The number of benzene rings is 3. The first-order valence-electron chi connectivity index (χ1n) is 11.8. The van der Waals surface area contributed by atoms with Crippen LogP contribution in [0.25, 0.3) is 21.9 Å². The molecule has 1 unspecified atom stereocenters. The number of aryl methyl sites for hydroxylation is 2. The highest BCUT2D eigenvalue weighted by Crippen LogP contribution is 2.35. The number of amides is 2. The summed E-state index contributed by atoms with van der Waals surface area (Å²) in [5, 5.41) is 4.26. The Hall–Kier alpha value is -4.39. The molecule has 1 aliphatic rings. The predicted octanol–water partition coefficient (Wildman–Crippen LogP) is 5.57. The van der Waals surface area contributed by atoms with Crippen molar-refractivity contribution in [1.29, 1.82) is 0 Å². The van der Waals surface area contributed by atoms with E-state index in [0.717, 1.165) is 39.8 Å². The van der Waals surface area contributed by atoms with Crippen LogP contribution in [0.15, 0.2) is 78.2 Å². The topological polar surface area (TPSA) is 89.2 Å². The van der Waals surface area contributed by atoms with Crippen molar-refractivity contribution in [3.63, 3.8) is 0 Å². The molecule has 3 aromatic carbocycles. The Bertz CT molecular complexity index is 1590. The fourth-order valence-corrected chi connectivity index (χ4v) is 4.99. The third-order valence-electron chi connectivity index (χ3n) is 6.71. The van der Waals surface area contributed by atoms with Gasteiger partial charge in [0.15, 0.2) is 0 Å². The zero-order valence-electron chi connectivity index (χ0n) is 19.7. The van der Waals surface area contributed by atoms with Gasteiger partial charge in [0.25, 0.3) is 0 Å². The Morgan fingerprint density at radius 1 is 1.00 bits per heavy atom. The number of aliphatic imine (C=N–C) groups is 1. The average molecular weight is 463 g/mol. The number of rotatable bonds is 5. The van der Waals surface area contributed by atoms with Gasteiger partial charge >= 0.3 is 6.03 Å². The number of carbonyl (C=O) groups is 1. The third kappa shape index (κ3) is 3.75. The maximum atomic E-state index is 13.3. The van der Waals surface area contributed by atoms with E-state index in [1.807, 2.05) is 36.5 Å². The van der Waals surface area contributed by atoms with E-state index in [2.05, 4.69) is 64.4 Å².